The number of carbonyl (C=O) groups is 1. The average Bonchev–Trinajstić information content (AvgIpc) is 3.09. The maximum Gasteiger partial charge on any atom is 0.315 e. The molecule has 2 aromatic heterocycles. The maximum absolute atomic E-state index is 11.8. The summed E-state index contributed by atoms with van der Waals surface area (Å²) in [7, 11) is 4.02. The van der Waals surface area contributed by atoms with E-state index in [1.807, 2.05) is 31.6 Å². The second-order valence-electron chi connectivity index (χ2n) is 4.64. The molecule has 0 spiro atoms. The molecule has 6 nitrogen and oxygen atoms in total. The quantitative estimate of drug-likeness (QED) is 0.757. The molecule has 0 bridgehead atoms. The number of H-pyrrole nitrogens is 1. The minimum absolute atomic E-state index is 0.178. The maximum atomic E-state index is 11.8. The standard InChI is InChI=1S/C13H19N5OS/c1-18(2)11(12-4-3-7-20-12)9-15-13(19)14-8-10-5-6-16-17-10/h3-7,11H,8-9H2,1-2H3,(H,16,17)(H2,14,15,19)/t11-/m1/s1. The van der Waals surface area contributed by atoms with E-state index in [1.54, 1.807) is 17.5 Å². The number of nitrogens with one attached hydrogen (secondary N) is 3. The van der Waals surface area contributed by atoms with Gasteiger partial charge in [-0.25, -0.2) is 4.79 Å². The monoisotopic (exact) mass is 293 g/mol. The van der Waals surface area contributed by atoms with Crippen molar-refractivity contribution in [2.45, 2.75) is 12.6 Å². The minimum atomic E-state index is -0.178. The number of hydrogen-bond donors (Lipinski definition) is 3. The molecule has 0 saturated heterocycles. The van der Waals surface area contributed by atoms with Crippen molar-refractivity contribution in [2.24, 2.45) is 0 Å². The Bertz CT molecular complexity index is 509. The highest BCUT2D eigenvalue weighted by Gasteiger charge is 2.15. The Labute approximate surface area is 122 Å². The number of aromatic nitrogens is 2. The van der Waals surface area contributed by atoms with Gasteiger partial charge in [0.15, 0.2) is 0 Å². The third kappa shape index (κ3) is 4.07. The molecule has 108 valence electrons. The van der Waals surface area contributed by atoms with Gasteiger partial charge in [-0.1, -0.05) is 6.07 Å². The predicted octanol–water partition coefficient (Wildman–Crippen LogP) is 1.57. The molecule has 3 N–H and O–H groups in total. The van der Waals surface area contributed by atoms with Crippen LogP contribution in [0, 0.1) is 0 Å². The molecule has 0 aliphatic rings. The lowest BCUT2D eigenvalue weighted by Gasteiger charge is -2.23. The van der Waals surface area contributed by atoms with Crippen LogP contribution in [0.2, 0.25) is 0 Å². The van der Waals surface area contributed by atoms with Gasteiger partial charge in [0.2, 0.25) is 0 Å². The molecular weight excluding hydrogens is 274 g/mol. The minimum Gasteiger partial charge on any atom is -0.336 e. The van der Waals surface area contributed by atoms with E-state index in [-0.39, 0.29) is 12.1 Å². The topological polar surface area (TPSA) is 73.1 Å². The predicted molar refractivity (Wildman–Crippen MR) is 79.6 cm³/mol. The fourth-order valence-electron chi connectivity index (χ4n) is 1.83. The van der Waals surface area contributed by atoms with Crippen molar-refractivity contribution in [2.75, 3.05) is 20.6 Å². The first-order valence-corrected chi connectivity index (χ1v) is 7.24. The molecule has 20 heavy (non-hydrogen) atoms. The lowest BCUT2D eigenvalue weighted by atomic mass is 10.2. The third-order valence-electron chi connectivity index (χ3n) is 2.95. The molecule has 0 saturated carbocycles. The lowest BCUT2D eigenvalue weighted by molar-refractivity contribution is 0.233. The number of likely N-dealkylation sites (N-methyl/N-ethyl adjacent to an activating group) is 1. The number of amides is 2. The Morgan fingerprint density at radius 2 is 2.30 bits per heavy atom. The van der Waals surface area contributed by atoms with Crippen LogP contribution in [-0.2, 0) is 6.54 Å². The first-order chi connectivity index (χ1) is 9.66. The molecule has 7 heteroatoms. The Morgan fingerprint density at radius 3 is 2.90 bits per heavy atom. The summed E-state index contributed by atoms with van der Waals surface area (Å²) in [4.78, 5) is 15.1. The van der Waals surface area contributed by atoms with Crippen LogP contribution in [-0.4, -0.2) is 41.8 Å². The van der Waals surface area contributed by atoms with E-state index in [9.17, 15) is 4.79 Å². The highest BCUT2D eigenvalue weighted by atomic mass is 32.1. The molecule has 2 rings (SSSR count). The fraction of sp³-hybridized carbons (Fsp3) is 0.385. The first kappa shape index (κ1) is 14.5. The zero-order valence-corrected chi connectivity index (χ0v) is 12.4. The smallest absolute Gasteiger partial charge is 0.315 e. The van der Waals surface area contributed by atoms with Crippen molar-refractivity contribution < 1.29 is 4.79 Å². The van der Waals surface area contributed by atoms with Crippen LogP contribution in [0.3, 0.4) is 0 Å². The van der Waals surface area contributed by atoms with E-state index < -0.39 is 0 Å². The van der Waals surface area contributed by atoms with Gasteiger partial charge in [0.25, 0.3) is 0 Å². The van der Waals surface area contributed by atoms with Gasteiger partial charge in [0, 0.05) is 17.6 Å². The van der Waals surface area contributed by atoms with Crippen molar-refractivity contribution in [3.63, 3.8) is 0 Å². The molecule has 2 heterocycles. The summed E-state index contributed by atoms with van der Waals surface area (Å²) < 4.78 is 0. The van der Waals surface area contributed by atoms with Crippen LogP contribution >= 0.6 is 11.3 Å². The molecule has 0 aliphatic carbocycles. The Balaban J connectivity index is 1.79. The number of urea groups is 1. The molecule has 2 aromatic rings. The Hall–Kier alpha value is -1.86. The summed E-state index contributed by atoms with van der Waals surface area (Å²) >= 11 is 1.70. The van der Waals surface area contributed by atoms with Gasteiger partial charge in [-0.2, -0.15) is 5.10 Å². The van der Waals surface area contributed by atoms with Crippen LogP contribution < -0.4 is 10.6 Å². The van der Waals surface area contributed by atoms with Crippen molar-refractivity contribution in [1.82, 2.24) is 25.7 Å². The molecule has 0 fully saturated rings. The van der Waals surface area contributed by atoms with Gasteiger partial charge in [-0.3, -0.25) is 5.10 Å². The molecule has 1 atom stereocenters. The number of rotatable bonds is 6. The second kappa shape index (κ2) is 7.06. The van der Waals surface area contributed by atoms with Crippen LogP contribution in [0.15, 0.2) is 29.8 Å². The van der Waals surface area contributed by atoms with Crippen molar-refractivity contribution >= 4 is 17.4 Å². The fourth-order valence-corrected chi connectivity index (χ4v) is 2.75. The third-order valence-corrected chi connectivity index (χ3v) is 3.92. The Morgan fingerprint density at radius 1 is 1.45 bits per heavy atom. The van der Waals surface area contributed by atoms with E-state index >= 15 is 0 Å². The van der Waals surface area contributed by atoms with E-state index in [0.29, 0.717) is 13.1 Å². The molecule has 0 aromatic carbocycles. The van der Waals surface area contributed by atoms with Gasteiger partial charge >= 0.3 is 6.03 Å². The molecular formula is C13H19N5OS. The molecule has 0 unspecified atom stereocenters. The number of hydrogen-bond acceptors (Lipinski definition) is 4. The summed E-state index contributed by atoms with van der Waals surface area (Å²) in [6, 6.07) is 5.94. The van der Waals surface area contributed by atoms with Crippen molar-refractivity contribution in [1.29, 1.82) is 0 Å². The zero-order chi connectivity index (χ0) is 14.4. The van der Waals surface area contributed by atoms with E-state index in [1.165, 1.54) is 4.88 Å². The van der Waals surface area contributed by atoms with E-state index in [2.05, 4.69) is 31.8 Å². The SMILES string of the molecule is CN(C)[C@H](CNC(=O)NCc1ccn[nH]1)c1cccs1. The van der Waals surface area contributed by atoms with Crippen LogP contribution in [0.4, 0.5) is 4.79 Å². The summed E-state index contributed by atoms with van der Waals surface area (Å²) in [5.74, 6) is 0. The number of aromatic amines is 1. The second-order valence-corrected chi connectivity index (χ2v) is 5.62. The molecule has 0 radical (unpaired) electrons. The molecule has 2 amide bonds. The Kier molecular flexibility index (Phi) is 5.14. The van der Waals surface area contributed by atoms with Gasteiger partial charge in [0.1, 0.15) is 0 Å². The normalized spacial score (nSPS) is 12.3. The highest BCUT2D eigenvalue weighted by Crippen LogP contribution is 2.22. The van der Waals surface area contributed by atoms with E-state index in [4.69, 9.17) is 0 Å². The summed E-state index contributed by atoms with van der Waals surface area (Å²) in [6.07, 6.45) is 1.66. The highest BCUT2D eigenvalue weighted by molar-refractivity contribution is 7.10. The lowest BCUT2D eigenvalue weighted by Crippen LogP contribution is -2.40. The van der Waals surface area contributed by atoms with Crippen LogP contribution in [0.5, 0.6) is 0 Å². The zero-order valence-electron chi connectivity index (χ0n) is 11.6. The van der Waals surface area contributed by atoms with Crippen LogP contribution in [0.1, 0.15) is 16.6 Å². The summed E-state index contributed by atoms with van der Waals surface area (Å²) in [6.45, 7) is 1.01. The summed E-state index contributed by atoms with van der Waals surface area (Å²) in [5, 5.41) is 14.4. The van der Waals surface area contributed by atoms with E-state index in [0.717, 1.165) is 5.69 Å². The number of carbonyl (C=O) groups excluding carboxylic acids is 1. The van der Waals surface area contributed by atoms with Gasteiger partial charge in [0.05, 0.1) is 18.3 Å². The van der Waals surface area contributed by atoms with Crippen molar-refractivity contribution in [3.05, 3.63) is 40.3 Å². The summed E-state index contributed by atoms with van der Waals surface area (Å²) in [5.41, 5.74) is 0.877. The first-order valence-electron chi connectivity index (χ1n) is 6.36. The van der Waals surface area contributed by atoms with Gasteiger partial charge in [-0.05, 0) is 31.6 Å². The number of thiophene rings is 1. The van der Waals surface area contributed by atoms with Crippen LogP contribution in [0.25, 0.3) is 0 Å². The van der Waals surface area contributed by atoms with Gasteiger partial charge < -0.3 is 15.5 Å². The van der Waals surface area contributed by atoms with Gasteiger partial charge in [-0.15, -0.1) is 11.3 Å². The average molecular weight is 293 g/mol. The molecule has 0 aliphatic heterocycles. The largest absolute Gasteiger partial charge is 0.336 e. The number of nitrogens with zero attached hydrogens (tertiary/aromatic N) is 2. The van der Waals surface area contributed by atoms with Crippen molar-refractivity contribution in [3.8, 4) is 0 Å².